The third kappa shape index (κ3) is 4.03. The van der Waals surface area contributed by atoms with Crippen LogP contribution in [0.1, 0.15) is 31.0 Å². The van der Waals surface area contributed by atoms with Gasteiger partial charge in [0.25, 0.3) is 5.56 Å². The maximum atomic E-state index is 13.7. The van der Waals surface area contributed by atoms with Gasteiger partial charge in [-0.15, -0.1) is 0 Å². The molecule has 0 fully saturated rings. The fourth-order valence-corrected chi connectivity index (χ4v) is 5.33. The van der Waals surface area contributed by atoms with Gasteiger partial charge in [0.05, 0.1) is 42.7 Å². The third-order valence-corrected chi connectivity index (χ3v) is 6.92. The summed E-state index contributed by atoms with van der Waals surface area (Å²) in [5, 5.41) is 0. The number of benzene rings is 2. The second kappa shape index (κ2) is 9.54. The van der Waals surface area contributed by atoms with E-state index >= 15 is 0 Å². The van der Waals surface area contributed by atoms with E-state index in [-0.39, 0.29) is 19.0 Å². The van der Waals surface area contributed by atoms with Crippen molar-refractivity contribution in [3.8, 4) is 23.0 Å². The Morgan fingerprint density at radius 2 is 1.92 bits per heavy atom. The van der Waals surface area contributed by atoms with E-state index in [0.717, 1.165) is 5.56 Å². The first kappa shape index (κ1) is 23.7. The minimum atomic E-state index is -0.734. The fourth-order valence-electron chi connectivity index (χ4n) is 4.28. The number of hydrogen-bond donors (Lipinski definition) is 0. The highest BCUT2D eigenvalue weighted by Crippen LogP contribution is 2.38. The van der Waals surface area contributed by atoms with E-state index < -0.39 is 12.0 Å². The smallest absolute Gasteiger partial charge is 0.338 e. The molecule has 10 heteroatoms. The van der Waals surface area contributed by atoms with Crippen LogP contribution in [0, 0.1) is 0 Å². The van der Waals surface area contributed by atoms with Crippen LogP contribution in [0.25, 0.3) is 6.08 Å². The average Bonchev–Trinajstić information content (AvgIpc) is 3.46. The van der Waals surface area contributed by atoms with Crippen molar-refractivity contribution in [2.45, 2.75) is 19.9 Å². The quantitative estimate of drug-likeness (QED) is 0.472. The Bertz CT molecular complexity index is 1570. The zero-order chi connectivity index (χ0) is 25.4. The normalized spacial score (nSPS) is 16.4. The summed E-state index contributed by atoms with van der Waals surface area (Å²) >= 11 is 1.25. The first-order valence-electron chi connectivity index (χ1n) is 11.3. The minimum Gasteiger partial charge on any atom is -0.493 e. The molecule has 0 unspecified atom stereocenters. The topological polar surface area (TPSA) is 97.6 Å². The molecule has 2 aliphatic heterocycles. The number of rotatable bonds is 6. The van der Waals surface area contributed by atoms with Gasteiger partial charge >= 0.3 is 5.97 Å². The van der Waals surface area contributed by atoms with Gasteiger partial charge in [-0.3, -0.25) is 9.36 Å². The lowest BCUT2D eigenvalue weighted by atomic mass is 9.95. The maximum absolute atomic E-state index is 13.7. The van der Waals surface area contributed by atoms with E-state index in [4.69, 9.17) is 23.7 Å². The highest BCUT2D eigenvalue weighted by Gasteiger charge is 2.34. The van der Waals surface area contributed by atoms with Crippen molar-refractivity contribution in [3.05, 3.63) is 78.5 Å². The molecular weight excluding hydrogens is 484 g/mol. The van der Waals surface area contributed by atoms with Crippen molar-refractivity contribution < 1.29 is 28.5 Å². The summed E-state index contributed by atoms with van der Waals surface area (Å²) in [7, 11) is 3.12. The van der Waals surface area contributed by atoms with Crippen LogP contribution in [0.3, 0.4) is 0 Å². The van der Waals surface area contributed by atoms with Crippen LogP contribution < -0.4 is 33.8 Å². The molecule has 3 heterocycles. The van der Waals surface area contributed by atoms with E-state index in [1.165, 1.54) is 15.9 Å². The summed E-state index contributed by atoms with van der Waals surface area (Å²) in [4.78, 5) is 31.9. The van der Waals surface area contributed by atoms with Crippen molar-refractivity contribution in [2.24, 2.45) is 4.99 Å². The molecule has 0 radical (unpaired) electrons. The molecule has 3 aromatic rings. The molecule has 5 rings (SSSR count). The van der Waals surface area contributed by atoms with Crippen molar-refractivity contribution in [1.29, 1.82) is 0 Å². The zero-order valence-corrected chi connectivity index (χ0v) is 21.0. The molecule has 186 valence electrons. The Morgan fingerprint density at radius 3 is 2.67 bits per heavy atom. The second-order valence-electron chi connectivity index (χ2n) is 8.03. The number of allylic oxidation sites excluding steroid dienone is 1. The predicted octanol–water partition coefficient (Wildman–Crippen LogP) is 2.54. The number of carbonyl (C=O) groups excluding carboxylic acids is 1. The van der Waals surface area contributed by atoms with E-state index in [9.17, 15) is 9.59 Å². The van der Waals surface area contributed by atoms with Crippen molar-refractivity contribution >= 4 is 23.4 Å². The lowest BCUT2D eigenvalue weighted by Crippen LogP contribution is -2.39. The highest BCUT2D eigenvalue weighted by molar-refractivity contribution is 7.07. The minimum absolute atomic E-state index is 0.118. The summed E-state index contributed by atoms with van der Waals surface area (Å²) in [6.07, 6.45) is 1.77. The van der Waals surface area contributed by atoms with Crippen LogP contribution in [-0.4, -0.2) is 38.2 Å². The molecule has 0 saturated carbocycles. The molecule has 1 aromatic heterocycles. The van der Waals surface area contributed by atoms with Gasteiger partial charge in [0.1, 0.15) is 0 Å². The first-order chi connectivity index (χ1) is 17.4. The molecule has 0 amide bonds. The molecule has 0 aliphatic carbocycles. The van der Waals surface area contributed by atoms with Crippen molar-refractivity contribution in [1.82, 2.24) is 4.57 Å². The number of esters is 1. The average molecular weight is 509 g/mol. The standard InChI is InChI=1S/C26H24N2O7S/c1-5-33-25(30)22-14(2)27-26-28(23(22)16-7-9-18-20(12-16)35-13-34-18)24(29)21(36-26)11-15-6-8-17(31-3)19(10-15)32-4/h6-12,23H,5,13H2,1-4H3/b21-11+/t23-/m1/s1. The SMILES string of the molecule is CCOC(=O)C1=C(C)N=c2s/c(=C/c3ccc(OC)c(OC)c3)c(=O)n2[C@@H]1c1ccc2c(c1)OCO2. The Labute approximate surface area is 210 Å². The third-order valence-electron chi connectivity index (χ3n) is 5.93. The van der Waals surface area contributed by atoms with Gasteiger partial charge in [-0.1, -0.05) is 23.5 Å². The summed E-state index contributed by atoms with van der Waals surface area (Å²) in [5.41, 5.74) is 1.98. The molecule has 1 atom stereocenters. The largest absolute Gasteiger partial charge is 0.493 e. The van der Waals surface area contributed by atoms with Crippen molar-refractivity contribution in [3.63, 3.8) is 0 Å². The van der Waals surface area contributed by atoms with Crippen LogP contribution >= 0.6 is 11.3 Å². The predicted molar refractivity (Wildman–Crippen MR) is 133 cm³/mol. The number of ether oxygens (including phenoxy) is 5. The molecule has 0 N–H and O–H groups in total. The Morgan fingerprint density at radius 1 is 1.14 bits per heavy atom. The van der Waals surface area contributed by atoms with Gasteiger partial charge in [-0.05, 0) is 55.3 Å². The van der Waals surface area contributed by atoms with Gasteiger partial charge in [-0.25, -0.2) is 9.79 Å². The monoisotopic (exact) mass is 508 g/mol. The van der Waals surface area contributed by atoms with Gasteiger partial charge in [0.2, 0.25) is 6.79 Å². The number of nitrogens with zero attached hydrogens (tertiary/aromatic N) is 2. The maximum Gasteiger partial charge on any atom is 0.338 e. The van der Waals surface area contributed by atoms with Crippen LogP contribution in [-0.2, 0) is 9.53 Å². The number of aromatic nitrogens is 1. The number of carbonyl (C=O) groups is 1. The Kier molecular flexibility index (Phi) is 6.27. The van der Waals surface area contributed by atoms with Gasteiger partial charge in [0.15, 0.2) is 27.8 Å². The van der Waals surface area contributed by atoms with Gasteiger partial charge < -0.3 is 23.7 Å². The molecule has 9 nitrogen and oxygen atoms in total. The summed E-state index contributed by atoms with van der Waals surface area (Å²) in [5.74, 6) is 1.79. The van der Waals surface area contributed by atoms with Crippen LogP contribution in [0.4, 0.5) is 0 Å². The lowest BCUT2D eigenvalue weighted by molar-refractivity contribution is -0.139. The lowest BCUT2D eigenvalue weighted by Gasteiger charge is -2.24. The molecule has 0 spiro atoms. The van der Waals surface area contributed by atoms with E-state index in [2.05, 4.69) is 4.99 Å². The van der Waals surface area contributed by atoms with Gasteiger partial charge in [-0.2, -0.15) is 0 Å². The van der Waals surface area contributed by atoms with Crippen LogP contribution in [0.2, 0.25) is 0 Å². The summed E-state index contributed by atoms with van der Waals surface area (Å²) in [6.45, 7) is 3.80. The van der Waals surface area contributed by atoms with Gasteiger partial charge in [0, 0.05) is 0 Å². The molecule has 0 saturated heterocycles. The summed E-state index contributed by atoms with van der Waals surface area (Å²) in [6, 6.07) is 10.1. The van der Waals surface area contributed by atoms with Crippen LogP contribution in [0.5, 0.6) is 23.0 Å². The van der Waals surface area contributed by atoms with Crippen LogP contribution in [0.15, 0.2) is 57.5 Å². The van der Waals surface area contributed by atoms with E-state index in [1.807, 2.05) is 12.1 Å². The molecule has 0 bridgehead atoms. The highest BCUT2D eigenvalue weighted by atomic mass is 32.1. The van der Waals surface area contributed by atoms with E-state index in [1.54, 1.807) is 58.4 Å². The second-order valence-corrected chi connectivity index (χ2v) is 9.04. The summed E-state index contributed by atoms with van der Waals surface area (Å²) < 4.78 is 29.0. The molecule has 2 aromatic carbocycles. The first-order valence-corrected chi connectivity index (χ1v) is 12.1. The van der Waals surface area contributed by atoms with E-state index in [0.29, 0.717) is 49.2 Å². The molecule has 36 heavy (non-hydrogen) atoms. The zero-order valence-electron chi connectivity index (χ0n) is 20.2. The fraction of sp³-hybridized carbons (Fsp3) is 0.269. The number of thiazole rings is 1. The Hall–Kier alpha value is -4.05. The molecule has 2 aliphatic rings. The van der Waals surface area contributed by atoms with Crippen molar-refractivity contribution in [2.75, 3.05) is 27.6 Å². The number of hydrogen-bond acceptors (Lipinski definition) is 9. The molecular formula is C26H24N2O7S. The number of fused-ring (bicyclic) bond motifs is 2. The Balaban J connectivity index is 1.70. The number of methoxy groups -OCH3 is 2.